The van der Waals surface area contributed by atoms with E-state index in [1.54, 1.807) is 0 Å². The molecule has 2 amide bonds. The summed E-state index contributed by atoms with van der Waals surface area (Å²) in [4.78, 5) is 36.8. The number of benzene rings is 1. The van der Waals surface area contributed by atoms with Crippen molar-refractivity contribution in [1.82, 2.24) is 10.6 Å². The standard InChI is InChI=1S/C43H64N2O5/c1-6-7-8-9-10-11-12-13-14-15-16-17-18-19-20-21-22-23-24-26-40(46)44-32-29-38(41(47)48)30-33-45-42(49)43(4,5)31-25-34-50-39-35-36(2)27-28-37(39)3/h7-8,10-11,13-14,16-17,19-20,22-23,27-28,35,38H,6,9,12,15,18,21,24-26,29-34H2,1-5H3,(H,44,46)(H,45,49)(H,47,48). The second kappa shape index (κ2) is 27.7. The first kappa shape index (κ1) is 43.9. The monoisotopic (exact) mass is 688 g/mol. The minimum absolute atomic E-state index is 0.0924. The van der Waals surface area contributed by atoms with Crippen LogP contribution in [0.5, 0.6) is 5.75 Å². The van der Waals surface area contributed by atoms with E-state index in [1.807, 2.05) is 45.9 Å². The largest absolute Gasteiger partial charge is 0.493 e. The first-order valence-electron chi connectivity index (χ1n) is 18.4. The molecule has 0 saturated heterocycles. The summed E-state index contributed by atoms with van der Waals surface area (Å²) in [7, 11) is 0. The Labute approximate surface area is 302 Å². The van der Waals surface area contributed by atoms with Gasteiger partial charge in [0.05, 0.1) is 12.5 Å². The second-order valence-electron chi connectivity index (χ2n) is 13.3. The molecule has 7 heteroatoms. The maximum atomic E-state index is 12.8. The molecule has 0 aliphatic heterocycles. The molecule has 0 fully saturated rings. The third-order valence-corrected chi connectivity index (χ3v) is 8.24. The van der Waals surface area contributed by atoms with Crippen LogP contribution in [-0.4, -0.2) is 42.6 Å². The van der Waals surface area contributed by atoms with Crippen LogP contribution in [0.3, 0.4) is 0 Å². The summed E-state index contributed by atoms with van der Waals surface area (Å²) in [6.45, 7) is 11.1. The van der Waals surface area contributed by atoms with Crippen molar-refractivity contribution in [3.05, 3.63) is 102 Å². The van der Waals surface area contributed by atoms with E-state index in [0.717, 1.165) is 61.8 Å². The molecule has 0 spiro atoms. The van der Waals surface area contributed by atoms with Crippen molar-refractivity contribution < 1.29 is 24.2 Å². The summed E-state index contributed by atoms with van der Waals surface area (Å²) in [5.41, 5.74) is 1.63. The van der Waals surface area contributed by atoms with Crippen molar-refractivity contribution in [1.29, 1.82) is 0 Å². The topological polar surface area (TPSA) is 105 Å². The first-order valence-corrected chi connectivity index (χ1v) is 18.4. The zero-order valence-electron chi connectivity index (χ0n) is 31.4. The molecule has 1 rings (SSSR count). The van der Waals surface area contributed by atoms with Crippen LogP contribution < -0.4 is 15.4 Å². The number of carbonyl (C=O) groups is 3. The van der Waals surface area contributed by atoms with Gasteiger partial charge in [-0.25, -0.2) is 0 Å². The Morgan fingerprint density at radius 2 is 1.30 bits per heavy atom. The highest BCUT2D eigenvalue weighted by atomic mass is 16.5. The molecule has 0 aliphatic carbocycles. The SMILES string of the molecule is CCC=CCC=CCC=CCC=CCC=CCC=CCCC(=O)NCCC(CCNC(=O)C(C)(C)CCCOc1cc(C)ccc1C)C(=O)O. The van der Waals surface area contributed by atoms with Crippen molar-refractivity contribution in [2.24, 2.45) is 11.3 Å². The number of carboxylic acid groups (broad SMARTS) is 1. The molecule has 1 atom stereocenters. The molecule has 1 unspecified atom stereocenters. The second-order valence-corrected chi connectivity index (χ2v) is 13.3. The van der Waals surface area contributed by atoms with Gasteiger partial charge in [0.1, 0.15) is 5.75 Å². The highest BCUT2D eigenvalue weighted by Crippen LogP contribution is 2.24. The fourth-order valence-electron chi connectivity index (χ4n) is 4.99. The molecule has 276 valence electrons. The number of hydrogen-bond acceptors (Lipinski definition) is 4. The van der Waals surface area contributed by atoms with Crippen LogP contribution in [0, 0.1) is 25.2 Å². The molecule has 0 aromatic heterocycles. The van der Waals surface area contributed by atoms with Crippen LogP contribution in [0.15, 0.2) is 91.1 Å². The average Bonchev–Trinajstić information content (AvgIpc) is 3.08. The third-order valence-electron chi connectivity index (χ3n) is 8.24. The van der Waals surface area contributed by atoms with E-state index in [0.29, 0.717) is 45.3 Å². The number of allylic oxidation sites excluding steroid dienone is 12. The molecule has 0 heterocycles. The number of nitrogens with one attached hydrogen (secondary N) is 2. The van der Waals surface area contributed by atoms with Gasteiger partial charge in [-0.05, 0) is 102 Å². The van der Waals surface area contributed by atoms with Crippen molar-refractivity contribution in [3.63, 3.8) is 0 Å². The molecular weight excluding hydrogens is 624 g/mol. The predicted molar refractivity (Wildman–Crippen MR) is 208 cm³/mol. The quantitative estimate of drug-likeness (QED) is 0.0631. The smallest absolute Gasteiger partial charge is 0.306 e. The van der Waals surface area contributed by atoms with Gasteiger partial charge >= 0.3 is 5.97 Å². The maximum absolute atomic E-state index is 12.8. The summed E-state index contributed by atoms with van der Waals surface area (Å²) in [5.74, 6) is -0.892. The lowest BCUT2D eigenvalue weighted by molar-refractivity contribution is -0.142. The molecule has 3 N–H and O–H groups in total. The zero-order valence-corrected chi connectivity index (χ0v) is 31.4. The molecule has 0 saturated carbocycles. The summed E-state index contributed by atoms with van der Waals surface area (Å²) in [6, 6.07) is 6.11. The summed E-state index contributed by atoms with van der Waals surface area (Å²) < 4.78 is 5.92. The molecule has 7 nitrogen and oxygen atoms in total. The molecule has 0 bridgehead atoms. The van der Waals surface area contributed by atoms with Crippen LogP contribution in [0.1, 0.15) is 109 Å². The number of carboxylic acids is 1. The number of rotatable bonds is 27. The normalized spacial score (nSPS) is 13.1. The van der Waals surface area contributed by atoms with Crippen LogP contribution in [-0.2, 0) is 14.4 Å². The van der Waals surface area contributed by atoms with Gasteiger partial charge < -0.3 is 20.5 Å². The van der Waals surface area contributed by atoms with Gasteiger partial charge in [0.25, 0.3) is 0 Å². The van der Waals surface area contributed by atoms with E-state index < -0.39 is 17.3 Å². The van der Waals surface area contributed by atoms with Gasteiger partial charge in [0.15, 0.2) is 0 Å². The maximum Gasteiger partial charge on any atom is 0.306 e. The van der Waals surface area contributed by atoms with E-state index in [9.17, 15) is 19.5 Å². The fourth-order valence-corrected chi connectivity index (χ4v) is 4.99. The van der Waals surface area contributed by atoms with Crippen molar-refractivity contribution >= 4 is 17.8 Å². The number of aliphatic carboxylic acids is 1. The minimum Gasteiger partial charge on any atom is -0.493 e. The average molecular weight is 689 g/mol. The Balaban J connectivity index is 2.16. The lowest BCUT2D eigenvalue weighted by atomic mass is 9.86. The lowest BCUT2D eigenvalue weighted by Crippen LogP contribution is -2.38. The van der Waals surface area contributed by atoms with Crippen molar-refractivity contribution in [2.45, 2.75) is 112 Å². The Morgan fingerprint density at radius 3 is 1.84 bits per heavy atom. The third kappa shape index (κ3) is 22.5. The van der Waals surface area contributed by atoms with Gasteiger partial charge in [-0.1, -0.05) is 106 Å². The Morgan fingerprint density at radius 1 is 0.780 bits per heavy atom. The van der Waals surface area contributed by atoms with E-state index in [-0.39, 0.29) is 18.4 Å². The number of aryl methyl sites for hydroxylation is 2. The zero-order chi connectivity index (χ0) is 36.9. The Kier molecular flexibility index (Phi) is 24.3. The summed E-state index contributed by atoms with van der Waals surface area (Å²) >= 11 is 0. The number of hydrogen-bond donors (Lipinski definition) is 3. The molecule has 0 radical (unpaired) electrons. The molecule has 0 aliphatic rings. The molecule has 1 aromatic carbocycles. The van der Waals surface area contributed by atoms with Crippen LogP contribution in [0.4, 0.5) is 0 Å². The van der Waals surface area contributed by atoms with Gasteiger partial charge in [0, 0.05) is 24.9 Å². The molecule has 1 aromatic rings. The predicted octanol–water partition coefficient (Wildman–Crippen LogP) is 9.68. The highest BCUT2D eigenvalue weighted by molar-refractivity contribution is 5.81. The lowest BCUT2D eigenvalue weighted by Gasteiger charge is -2.24. The van der Waals surface area contributed by atoms with Crippen molar-refractivity contribution in [2.75, 3.05) is 19.7 Å². The number of carbonyl (C=O) groups excluding carboxylic acids is 2. The Bertz CT molecular complexity index is 1300. The number of amides is 2. The Hall–Kier alpha value is -4.13. The fraction of sp³-hybridized carbons (Fsp3) is 0.512. The number of ether oxygens (including phenoxy) is 1. The minimum atomic E-state index is -0.922. The van der Waals surface area contributed by atoms with E-state index >= 15 is 0 Å². The van der Waals surface area contributed by atoms with Crippen LogP contribution in [0.2, 0.25) is 0 Å². The van der Waals surface area contributed by atoms with Crippen LogP contribution >= 0.6 is 0 Å². The van der Waals surface area contributed by atoms with Crippen LogP contribution in [0.25, 0.3) is 0 Å². The van der Waals surface area contributed by atoms with Gasteiger partial charge in [0.2, 0.25) is 11.8 Å². The first-order chi connectivity index (χ1) is 24.1. The molecule has 50 heavy (non-hydrogen) atoms. The highest BCUT2D eigenvalue weighted by Gasteiger charge is 2.27. The summed E-state index contributed by atoms with van der Waals surface area (Å²) in [6.07, 6.45) is 34.5. The van der Waals surface area contributed by atoms with Gasteiger partial charge in [-0.3, -0.25) is 14.4 Å². The molecular formula is C43H64N2O5. The van der Waals surface area contributed by atoms with E-state index in [4.69, 9.17) is 4.74 Å². The van der Waals surface area contributed by atoms with Gasteiger partial charge in [-0.15, -0.1) is 0 Å². The van der Waals surface area contributed by atoms with E-state index in [1.165, 1.54) is 0 Å². The van der Waals surface area contributed by atoms with E-state index in [2.05, 4.69) is 90.5 Å². The van der Waals surface area contributed by atoms with Crippen molar-refractivity contribution in [3.8, 4) is 5.75 Å². The van der Waals surface area contributed by atoms with Gasteiger partial charge in [-0.2, -0.15) is 0 Å². The summed E-state index contributed by atoms with van der Waals surface area (Å²) in [5, 5.41) is 15.4.